The van der Waals surface area contributed by atoms with Gasteiger partial charge in [0.25, 0.3) is 0 Å². The molecular formula is C30H37ClN4O5. The minimum atomic E-state index is -0.867. The summed E-state index contributed by atoms with van der Waals surface area (Å²) in [6, 6.07) is 5.62. The predicted octanol–water partition coefficient (Wildman–Crippen LogP) is 5.63. The van der Waals surface area contributed by atoms with Crippen molar-refractivity contribution in [2.24, 2.45) is 5.41 Å². The Balaban J connectivity index is 1.79. The number of aryl methyl sites for hydroxylation is 2. The lowest BCUT2D eigenvalue weighted by Gasteiger charge is -2.19. The first-order valence-electron chi connectivity index (χ1n) is 13.9. The van der Waals surface area contributed by atoms with E-state index in [1.807, 2.05) is 50.3 Å². The molecule has 0 atom stereocenters. The van der Waals surface area contributed by atoms with Crippen LogP contribution in [-0.4, -0.2) is 32.6 Å². The Morgan fingerprint density at radius 2 is 2.00 bits per heavy atom. The molecule has 1 aliphatic rings. The van der Waals surface area contributed by atoms with Crippen LogP contribution in [0, 0.1) is 12.3 Å². The molecule has 1 fully saturated rings. The van der Waals surface area contributed by atoms with Gasteiger partial charge in [-0.15, -0.1) is 11.6 Å². The molecule has 0 aliphatic heterocycles. The van der Waals surface area contributed by atoms with Gasteiger partial charge in [-0.1, -0.05) is 38.5 Å². The third kappa shape index (κ3) is 6.25. The van der Waals surface area contributed by atoms with Crippen molar-refractivity contribution < 1.29 is 13.9 Å². The molecule has 1 saturated carbocycles. The number of aromatic nitrogens is 3. The summed E-state index contributed by atoms with van der Waals surface area (Å²) in [6.45, 7) is 8.19. The molecule has 40 heavy (non-hydrogen) atoms. The van der Waals surface area contributed by atoms with Crippen LogP contribution >= 0.6 is 11.6 Å². The van der Waals surface area contributed by atoms with Crippen molar-refractivity contribution in [1.29, 1.82) is 0 Å². The number of benzene rings is 1. The number of rotatable bonds is 13. The Kier molecular flexibility index (Phi) is 9.35. The number of fused-ring (bicyclic) bond motifs is 1. The van der Waals surface area contributed by atoms with Gasteiger partial charge in [-0.25, -0.2) is 14.2 Å². The highest BCUT2D eigenvalue weighted by atomic mass is 35.5. The summed E-state index contributed by atoms with van der Waals surface area (Å²) in [6.07, 6.45) is 9.37. The van der Waals surface area contributed by atoms with Gasteiger partial charge in [-0.3, -0.25) is 9.36 Å². The number of esters is 1. The summed E-state index contributed by atoms with van der Waals surface area (Å²) in [4.78, 5) is 44.0. The van der Waals surface area contributed by atoms with Crippen LogP contribution in [0.3, 0.4) is 0 Å². The molecule has 0 spiro atoms. The second kappa shape index (κ2) is 12.7. The number of hydrogen-bond acceptors (Lipinski definition) is 7. The third-order valence-corrected chi connectivity index (χ3v) is 7.42. The van der Waals surface area contributed by atoms with Gasteiger partial charge in [0.2, 0.25) is 5.95 Å². The van der Waals surface area contributed by atoms with Crippen molar-refractivity contribution >= 4 is 40.2 Å². The van der Waals surface area contributed by atoms with E-state index in [1.54, 1.807) is 6.92 Å². The number of hydrogen-bond donors (Lipinski definition) is 1. The van der Waals surface area contributed by atoms with Gasteiger partial charge in [0.05, 0.1) is 18.6 Å². The van der Waals surface area contributed by atoms with Crippen molar-refractivity contribution in [3.8, 4) is 0 Å². The highest BCUT2D eigenvalue weighted by Crippen LogP contribution is 2.47. The molecule has 2 heterocycles. The first-order chi connectivity index (χ1) is 19.3. The van der Waals surface area contributed by atoms with Crippen molar-refractivity contribution in [2.45, 2.75) is 72.9 Å². The number of allylic oxidation sites excluding steroid dienone is 4. The number of carbonyl (C=O) groups excluding carboxylic acids is 1. The van der Waals surface area contributed by atoms with E-state index in [1.165, 1.54) is 4.57 Å². The lowest BCUT2D eigenvalue weighted by Crippen LogP contribution is -2.45. The number of furan rings is 1. The second-order valence-electron chi connectivity index (χ2n) is 10.1. The minimum absolute atomic E-state index is 0.0672. The SMILES string of the molecule is CCC/C=C(\C=C/CCl)Cn1c(Nc2ccc3oc(CC)c(C)c3c2)nc(=O)n(CC2(C(=O)OCC)CC2)c1=O. The average Bonchev–Trinajstić information content (AvgIpc) is 3.67. The zero-order valence-electron chi connectivity index (χ0n) is 23.6. The number of halogens is 1. The first-order valence-corrected chi connectivity index (χ1v) is 14.4. The van der Waals surface area contributed by atoms with E-state index in [-0.39, 0.29) is 31.6 Å². The first kappa shape index (κ1) is 29.4. The molecule has 0 bridgehead atoms. The van der Waals surface area contributed by atoms with Gasteiger partial charge < -0.3 is 14.5 Å². The minimum Gasteiger partial charge on any atom is -0.466 e. The maximum absolute atomic E-state index is 13.9. The van der Waals surface area contributed by atoms with Crippen molar-refractivity contribution in [1.82, 2.24) is 14.1 Å². The summed E-state index contributed by atoms with van der Waals surface area (Å²) in [7, 11) is 0. The van der Waals surface area contributed by atoms with E-state index in [0.29, 0.717) is 24.4 Å². The summed E-state index contributed by atoms with van der Waals surface area (Å²) in [5, 5.41) is 4.14. The van der Waals surface area contributed by atoms with Crippen LogP contribution in [0.15, 0.2) is 56.0 Å². The van der Waals surface area contributed by atoms with Crippen LogP contribution in [0.25, 0.3) is 11.0 Å². The average molecular weight is 569 g/mol. The molecule has 1 aromatic carbocycles. The zero-order valence-corrected chi connectivity index (χ0v) is 24.3. The van der Waals surface area contributed by atoms with Gasteiger partial charge in [0.15, 0.2) is 0 Å². The quantitative estimate of drug-likeness (QED) is 0.162. The van der Waals surface area contributed by atoms with Crippen molar-refractivity contribution in [3.63, 3.8) is 0 Å². The summed E-state index contributed by atoms with van der Waals surface area (Å²) in [5.74, 6) is 0.966. The van der Waals surface area contributed by atoms with Gasteiger partial charge in [-0.2, -0.15) is 4.98 Å². The number of ether oxygens (including phenoxy) is 1. The largest absolute Gasteiger partial charge is 0.466 e. The Hall–Kier alpha value is -3.59. The number of unbranched alkanes of at least 4 members (excludes halogenated alkanes) is 1. The van der Waals surface area contributed by atoms with E-state index in [2.05, 4.69) is 17.2 Å². The third-order valence-electron chi connectivity index (χ3n) is 7.24. The fourth-order valence-corrected chi connectivity index (χ4v) is 4.87. The second-order valence-corrected chi connectivity index (χ2v) is 10.4. The van der Waals surface area contributed by atoms with Gasteiger partial charge in [0, 0.05) is 29.9 Å². The highest BCUT2D eigenvalue weighted by molar-refractivity contribution is 6.18. The molecule has 2 aromatic heterocycles. The topological polar surface area (TPSA) is 108 Å². The summed E-state index contributed by atoms with van der Waals surface area (Å²) in [5.41, 5.74) is 1.21. The smallest absolute Gasteiger partial charge is 0.354 e. The molecule has 214 valence electrons. The van der Waals surface area contributed by atoms with Crippen LogP contribution in [0.2, 0.25) is 0 Å². The molecule has 0 amide bonds. The van der Waals surface area contributed by atoms with Gasteiger partial charge >= 0.3 is 17.3 Å². The fourth-order valence-electron chi connectivity index (χ4n) is 4.78. The lowest BCUT2D eigenvalue weighted by atomic mass is 10.1. The molecule has 1 N–H and O–H groups in total. The lowest BCUT2D eigenvalue weighted by molar-refractivity contribution is -0.150. The summed E-state index contributed by atoms with van der Waals surface area (Å²) >= 11 is 5.90. The van der Waals surface area contributed by atoms with Crippen molar-refractivity contribution in [2.75, 3.05) is 17.8 Å². The molecule has 3 aromatic rings. The highest BCUT2D eigenvalue weighted by Gasteiger charge is 2.52. The van der Waals surface area contributed by atoms with E-state index in [4.69, 9.17) is 20.8 Å². The summed E-state index contributed by atoms with van der Waals surface area (Å²) < 4.78 is 13.6. The van der Waals surface area contributed by atoms with Crippen LogP contribution in [0.5, 0.6) is 0 Å². The molecule has 0 radical (unpaired) electrons. The molecule has 1 aliphatic carbocycles. The van der Waals surface area contributed by atoms with Crippen LogP contribution < -0.4 is 16.7 Å². The van der Waals surface area contributed by atoms with Crippen LogP contribution in [-0.2, 0) is 29.0 Å². The van der Waals surface area contributed by atoms with Gasteiger partial charge in [0.1, 0.15) is 11.3 Å². The number of alkyl halides is 1. The number of nitrogens with one attached hydrogen (secondary N) is 1. The molecule has 10 heteroatoms. The zero-order chi connectivity index (χ0) is 28.9. The maximum Gasteiger partial charge on any atom is 0.354 e. The molecule has 0 saturated heterocycles. The van der Waals surface area contributed by atoms with Crippen LogP contribution in [0.1, 0.15) is 57.8 Å². The van der Waals surface area contributed by atoms with E-state index in [9.17, 15) is 14.4 Å². The Morgan fingerprint density at radius 3 is 2.65 bits per heavy atom. The van der Waals surface area contributed by atoms with E-state index in [0.717, 1.165) is 51.7 Å². The Morgan fingerprint density at radius 1 is 1.23 bits per heavy atom. The number of carbonyl (C=O) groups is 1. The monoisotopic (exact) mass is 568 g/mol. The standard InChI is InChI=1S/C30H37ClN4O5/c1-5-8-10-21(11-9-16-31)18-34-27(32-22-12-13-25-23(17-22)20(4)24(6-2)40-25)33-28(37)35(29(34)38)19-30(14-15-30)26(36)39-7-3/h9-13,17H,5-8,14-16,18-19H2,1-4H3,(H,32,33,37)/b11-9-,21-10+. The van der Waals surface area contributed by atoms with Crippen molar-refractivity contribution in [3.05, 3.63) is 74.3 Å². The fraction of sp³-hybridized carbons (Fsp3) is 0.467. The molecule has 9 nitrogen and oxygen atoms in total. The van der Waals surface area contributed by atoms with Crippen LogP contribution in [0.4, 0.5) is 11.6 Å². The van der Waals surface area contributed by atoms with Gasteiger partial charge in [-0.05, 0) is 62.4 Å². The molecule has 4 rings (SSSR count). The molecular weight excluding hydrogens is 532 g/mol. The predicted molar refractivity (Wildman–Crippen MR) is 158 cm³/mol. The number of anilines is 2. The van der Waals surface area contributed by atoms with E-state index >= 15 is 0 Å². The number of nitrogens with zero attached hydrogens (tertiary/aromatic N) is 3. The Bertz CT molecular complexity index is 1560. The Labute approximate surface area is 238 Å². The normalized spacial score (nSPS) is 14.7. The maximum atomic E-state index is 13.9. The molecule has 0 unspecified atom stereocenters. The van der Waals surface area contributed by atoms with E-state index < -0.39 is 16.8 Å².